The van der Waals surface area contributed by atoms with Gasteiger partial charge in [0, 0.05) is 0 Å². The molecule has 2 aromatic carbocycles. The van der Waals surface area contributed by atoms with Gasteiger partial charge in [-0.05, 0) is 35.7 Å². The molecule has 0 heterocycles. The molecule has 0 radical (unpaired) electrons. The van der Waals surface area contributed by atoms with E-state index in [0.717, 1.165) is 11.1 Å². The third kappa shape index (κ3) is 4.84. The summed E-state index contributed by atoms with van der Waals surface area (Å²) in [5, 5.41) is 0. The molecule has 0 aromatic heterocycles. The van der Waals surface area contributed by atoms with Crippen LogP contribution in [0.25, 0.3) is 0 Å². The Morgan fingerprint density at radius 1 is 1.04 bits per heavy atom. The van der Waals surface area contributed by atoms with Crippen LogP contribution in [0.3, 0.4) is 0 Å². The van der Waals surface area contributed by atoms with Crippen molar-refractivity contribution in [2.75, 3.05) is 13.7 Å². The fourth-order valence-corrected chi connectivity index (χ4v) is 2.15. The highest BCUT2D eigenvalue weighted by molar-refractivity contribution is 5.91. The van der Waals surface area contributed by atoms with Gasteiger partial charge in [0.15, 0.2) is 6.61 Å². The van der Waals surface area contributed by atoms with Crippen LogP contribution in [0.4, 0.5) is 0 Å². The highest BCUT2D eigenvalue weighted by Gasteiger charge is 2.14. The summed E-state index contributed by atoms with van der Waals surface area (Å²) in [5.74, 6) is -0.327. The maximum absolute atomic E-state index is 12.3. The first-order valence-corrected chi connectivity index (χ1v) is 7.67. The number of ether oxygens (including phenoxy) is 3. The van der Waals surface area contributed by atoms with Gasteiger partial charge in [-0.3, -0.25) is 0 Å². The monoisotopic (exact) mass is 328 g/mol. The van der Waals surface area contributed by atoms with Gasteiger partial charge in [0.2, 0.25) is 0 Å². The van der Waals surface area contributed by atoms with E-state index in [1.54, 1.807) is 18.2 Å². The van der Waals surface area contributed by atoms with E-state index in [1.807, 2.05) is 37.3 Å². The molecule has 2 aromatic rings. The third-order valence-corrected chi connectivity index (χ3v) is 3.47. The van der Waals surface area contributed by atoms with Crippen molar-refractivity contribution >= 4 is 11.9 Å². The molecule has 126 valence electrons. The number of aryl methyl sites for hydroxylation is 1. The number of methoxy groups -OCH3 is 1. The van der Waals surface area contributed by atoms with E-state index in [9.17, 15) is 9.59 Å². The lowest BCUT2D eigenvalue weighted by atomic mass is 10.0. The summed E-state index contributed by atoms with van der Waals surface area (Å²) in [6, 6.07) is 14.5. The molecule has 0 amide bonds. The first kappa shape index (κ1) is 17.5. The molecule has 0 N–H and O–H groups in total. The highest BCUT2D eigenvalue weighted by Crippen LogP contribution is 2.20. The molecule has 0 atom stereocenters. The first-order valence-electron chi connectivity index (χ1n) is 7.67. The largest absolute Gasteiger partial charge is 0.482 e. The molecule has 0 bridgehead atoms. The summed E-state index contributed by atoms with van der Waals surface area (Å²) in [7, 11) is 1.30. The van der Waals surface area contributed by atoms with Gasteiger partial charge < -0.3 is 14.2 Å². The summed E-state index contributed by atoms with van der Waals surface area (Å²) in [4.78, 5) is 23.4. The number of hydrogen-bond acceptors (Lipinski definition) is 5. The fraction of sp³-hybridized carbons (Fsp3) is 0.263. The predicted octanol–water partition coefficient (Wildman–Crippen LogP) is 3.16. The van der Waals surface area contributed by atoms with Crippen LogP contribution < -0.4 is 4.74 Å². The van der Waals surface area contributed by atoms with E-state index in [-0.39, 0.29) is 19.2 Å². The number of carbonyl (C=O) groups is 2. The average Bonchev–Trinajstić information content (AvgIpc) is 2.64. The minimum absolute atomic E-state index is 0.169. The van der Waals surface area contributed by atoms with Crippen molar-refractivity contribution in [1.82, 2.24) is 0 Å². The smallest absolute Gasteiger partial charge is 0.343 e. The van der Waals surface area contributed by atoms with Crippen molar-refractivity contribution in [3.63, 3.8) is 0 Å². The van der Waals surface area contributed by atoms with Crippen molar-refractivity contribution in [2.24, 2.45) is 0 Å². The van der Waals surface area contributed by atoms with Crippen LogP contribution in [0.2, 0.25) is 0 Å². The summed E-state index contributed by atoms with van der Waals surface area (Å²) >= 11 is 0. The Labute approximate surface area is 141 Å². The van der Waals surface area contributed by atoms with Crippen molar-refractivity contribution in [3.05, 3.63) is 65.2 Å². The van der Waals surface area contributed by atoms with E-state index in [0.29, 0.717) is 17.7 Å². The molecule has 0 aliphatic rings. The molecule has 0 saturated carbocycles. The molecule has 5 nitrogen and oxygen atoms in total. The maximum atomic E-state index is 12.3. The van der Waals surface area contributed by atoms with Crippen molar-refractivity contribution in [1.29, 1.82) is 0 Å². The molecular formula is C19H20O5. The lowest BCUT2D eigenvalue weighted by Crippen LogP contribution is -2.13. The molecule has 0 unspecified atom stereocenters. The van der Waals surface area contributed by atoms with Crippen LogP contribution >= 0.6 is 0 Å². The zero-order valence-corrected chi connectivity index (χ0v) is 13.8. The molecule has 5 heteroatoms. The van der Waals surface area contributed by atoms with Crippen LogP contribution in [0.15, 0.2) is 48.5 Å². The van der Waals surface area contributed by atoms with E-state index in [1.165, 1.54) is 7.11 Å². The van der Waals surface area contributed by atoms with Crippen LogP contribution in [-0.4, -0.2) is 25.7 Å². The second-order valence-electron chi connectivity index (χ2n) is 5.10. The van der Waals surface area contributed by atoms with Crippen LogP contribution in [0, 0.1) is 0 Å². The minimum atomic E-state index is -0.459. The van der Waals surface area contributed by atoms with Crippen LogP contribution in [-0.2, 0) is 27.3 Å². The fourth-order valence-electron chi connectivity index (χ4n) is 2.15. The molecule has 0 aliphatic heterocycles. The zero-order chi connectivity index (χ0) is 17.4. The Balaban J connectivity index is 2.03. The number of benzene rings is 2. The van der Waals surface area contributed by atoms with Gasteiger partial charge in [0.25, 0.3) is 0 Å². The normalized spacial score (nSPS) is 10.1. The van der Waals surface area contributed by atoms with Crippen LogP contribution in [0.5, 0.6) is 5.75 Å². The number of esters is 2. The van der Waals surface area contributed by atoms with E-state index < -0.39 is 5.97 Å². The third-order valence-electron chi connectivity index (χ3n) is 3.47. The summed E-state index contributed by atoms with van der Waals surface area (Å²) < 4.78 is 15.2. The molecular weight excluding hydrogens is 308 g/mol. The van der Waals surface area contributed by atoms with Crippen molar-refractivity contribution in [3.8, 4) is 5.75 Å². The SMILES string of the molecule is CCc1cc(OCC(=O)OC)ccc1C(=O)OCc1ccccc1. The molecule has 24 heavy (non-hydrogen) atoms. The maximum Gasteiger partial charge on any atom is 0.343 e. The van der Waals surface area contributed by atoms with Gasteiger partial charge in [-0.2, -0.15) is 0 Å². The quantitative estimate of drug-likeness (QED) is 0.731. The second kappa shape index (κ2) is 8.72. The Kier molecular flexibility index (Phi) is 6.37. The molecule has 0 fully saturated rings. The van der Waals surface area contributed by atoms with Crippen molar-refractivity contribution < 1.29 is 23.8 Å². The Morgan fingerprint density at radius 3 is 2.46 bits per heavy atom. The van der Waals surface area contributed by atoms with Gasteiger partial charge in [-0.15, -0.1) is 0 Å². The summed E-state index contributed by atoms with van der Waals surface area (Å²) in [5.41, 5.74) is 2.23. The van der Waals surface area contributed by atoms with Gasteiger partial charge in [0.05, 0.1) is 12.7 Å². The Bertz CT molecular complexity index is 694. The average molecular weight is 328 g/mol. The lowest BCUT2D eigenvalue weighted by molar-refractivity contribution is -0.142. The van der Waals surface area contributed by atoms with Gasteiger partial charge in [0.1, 0.15) is 12.4 Å². The molecule has 2 rings (SSSR count). The topological polar surface area (TPSA) is 61.8 Å². The van der Waals surface area contributed by atoms with Crippen LogP contribution in [0.1, 0.15) is 28.4 Å². The number of carbonyl (C=O) groups excluding carboxylic acids is 2. The lowest BCUT2D eigenvalue weighted by Gasteiger charge is -2.11. The first-order chi connectivity index (χ1) is 11.6. The number of rotatable bonds is 7. The number of hydrogen-bond donors (Lipinski definition) is 0. The minimum Gasteiger partial charge on any atom is -0.482 e. The van der Waals surface area contributed by atoms with Crippen molar-refractivity contribution in [2.45, 2.75) is 20.0 Å². The van der Waals surface area contributed by atoms with E-state index >= 15 is 0 Å². The summed E-state index contributed by atoms with van der Waals surface area (Å²) in [6.45, 7) is 1.99. The standard InChI is InChI=1S/C19H20O5/c1-3-15-11-16(23-13-18(20)22-2)9-10-17(15)19(21)24-12-14-7-5-4-6-8-14/h4-11H,3,12-13H2,1-2H3. The van der Waals surface area contributed by atoms with E-state index in [2.05, 4.69) is 4.74 Å². The highest BCUT2D eigenvalue weighted by atomic mass is 16.6. The summed E-state index contributed by atoms with van der Waals surface area (Å²) in [6.07, 6.45) is 0.644. The second-order valence-corrected chi connectivity index (χ2v) is 5.10. The zero-order valence-electron chi connectivity index (χ0n) is 13.8. The van der Waals surface area contributed by atoms with Gasteiger partial charge >= 0.3 is 11.9 Å². The predicted molar refractivity (Wildman–Crippen MR) is 88.9 cm³/mol. The Hall–Kier alpha value is -2.82. The Morgan fingerprint density at radius 2 is 1.79 bits per heavy atom. The van der Waals surface area contributed by atoms with Gasteiger partial charge in [-0.25, -0.2) is 9.59 Å². The van der Waals surface area contributed by atoms with Gasteiger partial charge in [-0.1, -0.05) is 37.3 Å². The molecule has 0 spiro atoms. The van der Waals surface area contributed by atoms with E-state index in [4.69, 9.17) is 9.47 Å². The molecule has 0 saturated heterocycles. The molecule has 0 aliphatic carbocycles.